The van der Waals surface area contributed by atoms with Gasteiger partial charge in [-0.05, 0) is 32.4 Å². The van der Waals surface area contributed by atoms with E-state index >= 15 is 4.39 Å². The minimum Gasteiger partial charge on any atom is -0.477 e. The second kappa shape index (κ2) is 6.53. The second-order valence-electron chi connectivity index (χ2n) is 7.35. The first-order valence-corrected chi connectivity index (χ1v) is 10.3. The molecule has 1 aromatic carbocycles. The SMILES string of the molecule is CSc1c(N2CC[C@H](N)C2)c(F)c(C)c2c(=O)c(C(=O)O)cn(C3CC3)c12. The molecular formula is C19H22FN3O3S. The Bertz CT molecular complexity index is 1020. The van der Waals surface area contributed by atoms with Crippen LogP contribution in [0, 0.1) is 12.7 Å². The average molecular weight is 391 g/mol. The van der Waals surface area contributed by atoms with E-state index < -0.39 is 17.2 Å². The number of hydrogen-bond donors (Lipinski definition) is 2. The quantitative estimate of drug-likeness (QED) is 0.779. The number of halogens is 1. The predicted molar refractivity (Wildman–Crippen MR) is 105 cm³/mol. The van der Waals surface area contributed by atoms with Crippen molar-refractivity contribution in [2.45, 2.75) is 43.2 Å². The minimum absolute atomic E-state index is 0.00452. The number of carboxylic acids is 1. The van der Waals surface area contributed by atoms with Gasteiger partial charge >= 0.3 is 5.97 Å². The van der Waals surface area contributed by atoms with E-state index in [-0.39, 0.29) is 28.6 Å². The van der Waals surface area contributed by atoms with Crippen LogP contribution in [-0.2, 0) is 0 Å². The average Bonchev–Trinajstić information content (AvgIpc) is 3.38. The number of benzene rings is 1. The fourth-order valence-corrected chi connectivity index (χ4v) is 4.78. The van der Waals surface area contributed by atoms with Crippen molar-refractivity contribution in [3.63, 3.8) is 0 Å². The maximum absolute atomic E-state index is 15.4. The van der Waals surface area contributed by atoms with Crippen LogP contribution in [0.25, 0.3) is 10.9 Å². The van der Waals surface area contributed by atoms with Crippen molar-refractivity contribution in [1.82, 2.24) is 4.57 Å². The molecule has 3 N–H and O–H groups in total. The Morgan fingerprint density at radius 1 is 1.37 bits per heavy atom. The molecule has 144 valence electrons. The van der Waals surface area contributed by atoms with Crippen LogP contribution < -0.4 is 16.1 Å². The molecule has 0 bridgehead atoms. The van der Waals surface area contributed by atoms with E-state index in [0.717, 1.165) is 19.3 Å². The number of aryl methyl sites for hydroxylation is 1. The third-order valence-electron chi connectivity index (χ3n) is 5.49. The summed E-state index contributed by atoms with van der Waals surface area (Å²) in [6.45, 7) is 2.79. The van der Waals surface area contributed by atoms with Gasteiger partial charge in [0, 0.05) is 36.9 Å². The maximum Gasteiger partial charge on any atom is 0.341 e. The van der Waals surface area contributed by atoms with Crippen molar-refractivity contribution in [2.24, 2.45) is 5.73 Å². The van der Waals surface area contributed by atoms with Gasteiger partial charge in [0.1, 0.15) is 5.56 Å². The van der Waals surface area contributed by atoms with Crippen LogP contribution in [0.4, 0.5) is 10.1 Å². The number of thioether (sulfide) groups is 1. The van der Waals surface area contributed by atoms with Crippen molar-refractivity contribution >= 4 is 34.3 Å². The topological polar surface area (TPSA) is 88.6 Å². The third kappa shape index (κ3) is 2.82. The summed E-state index contributed by atoms with van der Waals surface area (Å²) in [5, 5.41) is 9.64. The molecule has 1 saturated carbocycles. The molecule has 1 aromatic heterocycles. The van der Waals surface area contributed by atoms with Gasteiger partial charge in [-0.15, -0.1) is 11.8 Å². The predicted octanol–water partition coefficient (Wildman–Crippen LogP) is 2.74. The number of aromatic nitrogens is 1. The summed E-state index contributed by atoms with van der Waals surface area (Å²) in [6.07, 6.45) is 5.92. The second-order valence-corrected chi connectivity index (χ2v) is 8.17. The Morgan fingerprint density at radius 3 is 2.59 bits per heavy atom. The lowest BCUT2D eigenvalue weighted by molar-refractivity contribution is 0.0695. The van der Waals surface area contributed by atoms with Gasteiger partial charge in [0.15, 0.2) is 5.82 Å². The smallest absolute Gasteiger partial charge is 0.341 e. The minimum atomic E-state index is -1.28. The van der Waals surface area contributed by atoms with Gasteiger partial charge < -0.3 is 20.3 Å². The Hall–Kier alpha value is -2.06. The lowest BCUT2D eigenvalue weighted by Crippen LogP contribution is -2.28. The van der Waals surface area contributed by atoms with E-state index in [9.17, 15) is 14.7 Å². The molecule has 6 nitrogen and oxygen atoms in total. The van der Waals surface area contributed by atoms with Gasteiger partial charge in [0.2, 0.25) is 5.43 Å². The normalized spacial score (nSPS) is 19.9. The number of aromatic carboxylic acids is 1. The van der Waals surface area contributed by atoms with Crippen molar-refractivity contribution in [1.29, 1.82) is 0 Å². The summed E-state index contributed by atoms with van der Waals surface area (Å²) in [5.41, 5.74) is 6.44. The van der Waals surface area contributed by atoms with Gasteiger partial charge in [-0.3, -0.25) is 4.79 Å². The van der Waals surface area contributed by atoms with Crippen LogP contribution >= 0.6 is 11.8 Å². The number of nitrogens with zero attached hydrogens (tertiary/aromatic N) is 2. The van der Waals surface area contributed by atoms with E-state index in [0.29, 0.717) is 29.2 Å². The first-order valence-electron chi connectivity index (χ1n) is 9.03. The monoisotopic (exact) mass is 391 g/mol. The zero-order valence-electron chi connectivity index (χ0n) is 15.3. The summed E-state index contributed by atoms with van der Waals surface area (Å²) >= 11 is 1.39. The number of hydrogen-bond acceptors (Lipinski definition) is 5. The Kier molecular flexibility index (Phi) is 4.43. The summed E-state index contributed by atoms with van der Waals surface area (Å²) in [5.74, 6) is -1.74. The van der Waals surface area contributed by atoms with Crippen molar-refractivity contribution in [3.8, 4) is 0 Å². The fraction of sp³-hybridized carbons (Fsp3) is 0.474. The number of rotatable bonds is 4. The Balaban J connectivity index is 2.13. The number of carbonyl (C=O) groups is 1. The van der Waals surface area contributed by atoms with E-state index in [2.05, 4.69) is 0 Å². The number of carboxylic acid groups (broad SMARTS) is 1. The highest BCUT2D eigenvalue weighted by atomic mass is 32.2. The van der Waals surface area contributed by atoms with Crippen molar-refractivity contribution < 1.29 is 14.3 Å². The van der Waals surface area contributed by atoms with Gasteiger partial charge in [-0.1, -0.05) is 0 Å². The molecule has 0 radical (unpaired) electrons. The molecule has 2 heterocycles. The standard InChI is InChI=1S/C19H22FN3O3S/c1-9-13-15(23(11-3-4-11)8-12(17(13)24)19(25)26)18(27-2)16(14(9)20)22-6-5-10(21)7-22/h8,10-11H,3-7,21H2,1-2H3,(H,25,26)/t10-/m0/s1. The summed E-state index contributed by atoms with van der Waals surface area (Å²) in [4.78, 5) is 27.1. The maximum atomic E-state index is 15.4. The molecule has 0 spiro atoms. The van der Waals surface area contributed by atoms with E-state index in [4.69, 9.17) is 5.73 Å². The molecule has 8 heteroatoms. The van der Waals surface area contributed by atoms with E-state index in [1.165, 1.54) is 18.0 Å². The molecule has 27 heavy (non-hydrogen) atoms. The van der Waals surface area contributed by atoms with Crippen molar-refractivity contribution in [2.75, 3.05) is 24.2 Å². The van der Waals surface area contributed by atoms with Gasteiger partial charge in [-0.2, -0.15) is 0 Å². The van der Waals surface area contributed by atoms with E-state index in [1.54, 1.807) is 6.92 Å². The first-order chi connectivity index (χ1) is 12.8. The Morgan fingerprint density at radius 2 is 2.07 bits per heavy atom. The zero-order valence-corrected chi connectivity index (χ0v) is 16.1. The molecule has 2 aromatic rings. The first kappa shape index (κ1) is 18.3. The molecule has 0 amide bonds. The fourth-order valence-electron chi connectivity index (χ4n) is 3.97. The van der Waals surface area contributed by atoms with Crippen LogP contribution in [0.1, 0.15) is 41.2 Å². The summed E-state index contributed by atoms with van der Waals surface area (Å²) in [7, 11) is 0. The highest BCUT2D eigenvalue weighted by Crippen LogP contribution is 2.44. The Labute approximate surface area is 160 Å². The summed E-state index contributed by atoms with van der Waals surface area (Å²) < 4.78 is 17.3. The van der Waals surface area contributed by atoms with Crippen LogP contribution in [0.5, 0.6) is 0 Å². The third-order valence-corrected chi connectivity index (χ3v) is 6.29. The number of pyridine rings is 1. The molecule has 4 rings (SSSR count). The molecule has 2 fully saturated rings. The number of anilines is 1. The largest absolute Gasteiger partial charge is 0.477 e. The molecule has 2 aliphatic rings. The molecular weight excluding hydrogens is 369 g/mol. The van der Waals surface area contributed by atoms with E-state index in [1.807, 2.05) is 15.7 Å². The molecule has 1 aliphatic carbocycles. The molecule has 1 aliphatic heterocycles. The highest BCUT2D eigenvalue weighted by molar-refractivity contribution is 7.99. The molecule has 1 atom stereocenters. The number of nitrogens with two attached hydrogens (primary N) is 1. The van der Waals surface area contributed by atoms with Gasteiger partial charge in [0.05, 0.1) is 21.5 Å². The van der Waals surface area contributed by atoms with Gasteiger partial charge in [-0.25, -0.2) is 9.18 Å². The van der Waals surface area contributed by atoms with Crippen LogP contribution in [0.3, 0.4) is 0 Å². The molecule has 0 unspecified atom stereocenters. The highest BCUT2D eigenvalue weighted by Gasteiger charge is 2.33. The van der Waals surface area contributed by atoms with Gasteiger partial charge in [0.25, 0.3) is 0 Å². The van der Waals surface area contributed by atoms with Crippen LogP contribution in [-0.4, -0.2) is 41.0 Å². The summed E-state index contributed by atoms with van der Waals surface area (Å²) in [6, 6.07) is 0.144. The number of fused-ring (bicyclic) bond motifs is 1. The van der Waals surface area contributed by atoms with Crippen LogP contribution in [0.2, 0.25) is 0 Å². The van der Waals surface area contributed by atoms with Crippen molar-refractivity contribution in [3.05, 3.63) is 33.4 Å². The lowest BCUT2D eigenvalue weighted by atomic mass is 10.0. The zero-order chi connectivity index (χ0) is 19.5. The van der Waals surface area contributed by atoms with Crippen LogP contribution in [0.15, 0.2) is 15.9 Å². The lowest BCUT2D eigenvalue weighted by Gasteiger charge is -2.26. The molecule has 1 saturated heterocycles.